The van der Waals surface area contributed by atoms with Crippen LogP contribution in [0, 0.1) is 5.92 Å². The minimum Gasteiger partial charge on any atom is -0.493 e. The van der Waals surface area contributed by atoms with Gasteiger partial charge in [-0.15, -0.1) is 0 Å². The predicted octanol–water partition coefficient (Wildman–Crippen LogP) is 1.88. The van der Waals surface area contributed by atoms with Crippen molar-refractivity contribution < 1.29 is 9.47 Å². The molecule has 21 heavy (non-hydrogen) atoms. The molecule has 0 aromatic heterocycles. The third-order valence-electron chi connectivity index (χ3n) is 3.70. The minimum absolute atomic E-state index is 0.465. The van der Waals surface area contributed by atoms with Gasteiger partial charge in [-0.05, 0) is 38.2 Å². The predicted molar refractivity (Wildman–Crippen MR) is 83.8 cm³/mol. The number of ether oxygens (including phenoxy) is 2. The lowest BCUT2D eigenvalue weighted by Crippen LogP contribution is -2.46. The van der Waals surface area contributed by atoms with Crippen molar-refractivity contribution in [2.45, 2.75) is 12.5 Å². The van der Waals surface area contributed by atoms with Gasteiger partial charge in [-0.3, -0.25) is 4.99 Å². The molecule has 0 N–H and O–H groups in total. The zero-order chi connectivity index (χ0) is 14.7. The molecule has 0 aliphatic carbocycles. The lowest BCUT2D eigenvalue weighted by molar-refractivity contribution is 0.0857. The minimum atomic E-state index is -0.465. The summed E-state index contributed by atoms with van der Waals surface area (Å²) in [5, 5.41) is 0. The fourth-order valence-corrected chi connectivity index (χ4v) is 2.58. The van der Waals surface area contributed by atoms with Gasteiger partial charge in [-0.2, -0.15) is 0 Å². The van der Waals surface area contributed by atoms with Gasteiger partial charge in [-0.25, -0.2) is 4.99 Å². The van der Waals surface area contributed by atoms with Gasteiger partial charge in [0.15, 0.2) is 5.60 Å². The molecule has 1 unspecified atom stereocenters. The summed E-state index contributed by atoms with van der Waals surface area (Å²) in [5.41, 5.74) is -0.465. The van der Waals surface area contributed by atoms with Crippen molar-refractivity contribution in [2.75, 3.05) is 33.3 Å². The van der Waals surface area contributed by atoms with Crippen LogP contribution >= 0.6 is 0 Å². The van der Waals surface area contributed by atoms with Crippen molar-refractivity contribution in [2.24, 2.45) is 15.9 Å². The van der Waals surface area contributed by atoms with Gasteiger partial charge in [0.05, 0.1) is 19.4 Å². The van der Waals surface area contributed by atoms with E-state index in [2.05, 4.69) is 21.9 Å². The van der Waals surface area contributed by atoms with Gasteiger partial charge in [0.1, 0.15) is 17.8 Å². The molecule has 1 saturated heterocycles. The topological polar surface area (TPSA) is 46.4 Å². The number of benzene rings is 1. The van der Waals surface area contributed by atoms with E-state index in [0.29, 0.717) is 12.5 Å². The van der Waals surface area contributed by atoms with E-state index in [-0.39, 0.29) is 0 Å². The number of likely N-dealkylation sites (tertiary alicyclic amines) is 1. The summed E-state index contributed by atoms with van der Waals surface area (Å²) in [6.07, 6.45) is 3.34. The molecule has 112 valence electrons. The number of hydrogen-bond donors (Lipinski definition) is 0. The second-order valence-electron chi connectivity index (χ2n) is 6.02. The molecule has 5 heteroatoms. The van der Waals surface area contributed by atoms with E-state index in [1.807, 2.05) is 31.2 Å². The molecular formula is C16H21N3O2. The molecule has 1 atom stereocenters. The van der Waals surface area contributed by atoms with E-state index in [0.717, 1.165) is 31.2 Å². The van der Waals surface area contributed by atoms with Crippen LogP contribution < -0.4 is 9.47 Å². The van der Waals surface area contributed by atoms with Gasteiger partial charge in [0.2, 0.25) is 0 Å². The summed E-state index contributed by atoms with van der Waals surface area (Å²) >= 11 is 0. The van der Waals surface area contributed by atoms with E-state index in [4.69, 9.17) is 9.47 Å². The third kappa shape index (κ3) is 3.61. The number of aliphatic imine (C=N–C) groups is 2. The number of hydrogen-bond acceptors (Lipinski definition) is 5. The zero-order valence-electron chi connectivity index (χ0n) is 12.5. The maximum atomic E-state index is 5.94. The highest BCUT2D eigenvalue weighted by Gasteiger charge is 2.25. The zero-order valence-corrected chi connectivity index (χ0v) is 12.5. The Hall–Kier alpha value is -1.88. The summed E-state index contributed by atoms with van der Waals surface area (Å²) in [7, 11) is 2.13. The van der Waals surface area contributed by atoms with Crippen LogP contribution in [-0.4, -0.2) is 56.3 Å². The van der Waals surface area contributed by atoms with Gasteiger partial charge >= 0.3 is 0 Å². The molecule has 2 aliphatic rings. The standard InChI is InChI=1S/C16H21N3O2/c1-16(10-17-12-18-11-16)21-15-5-3-14(4-6-15)20-9-13-7-19(2)8-13/h3-6,10,12-13H,7-9,11H2,1-2H3. The normalized spacial score (nSPS) is 25.6. The average molecular weight is 287 g/mol. The first kappa shape index (κ1) is 14.1. The van der Waals surface area contributed by atoms with Crippen LogP contribution in [0.25, 0.3) is 0 Å². The highest BCUT2D eigenvalue weighted by molar-refractivity contribution is 5.81. The van der Waals surface area contributed by atoms with Crippen molar-refractivity contribution in [3.8, 4) is 11.5 Å². The van der Waals surface area contributed by atoms with Crippen molar-refractivity contribution in [3.63, 3.8) is 0 Å². The summed E-state index contributed by atoms with van der Waals surface area (Å²) in [4.78, 5) is 10.5. The summed E-state index contributed by atoms with van der Waals surface area (Å²) in [5.74, 6) is 2.34. The maximum absolute atomic E-state index is 5.94. The quantitative estimate of drug-likeness (QED) is 0.830. The van der Waals surface area contributed by atoms with E-state index >= 15 is 0 Å². The Bertz CT molecular complexity index is 535. The Labute approximate surface area is 125 Å². The highest BCUT2D eigenvalue weighted by Crippen LogP contribution is 2.23. The van der Waals surface area contributed by atoms with Gasteiger partial charge in [-0.1, -0.05) is 0 Å². The highest BCUT2D eigenvalue weighted by atomic mass is 16.5. The van der Waals surface area contributed by atoms with Crippen LogP contribution in [0.5, 0.6) is 11.5 Å². The lowest BCUT2D eigenvalue weighted by Gasteiger charge is -2.35. The lowest BCUT2D eigenvalue weighted by atomic mass is 10.0. The van der Waals surface area contributed by atoms with Crippen LogP contribution in [0.2, 0.25) is 0 Å². The van der Waals surface area contributed by atoms with Gasteiger partial charge in [0.25, 0.3) is 0 Å². The van der Waals surface area contributed by atoms with Crippen molar-refractivity contribution in [3.05, 3.63) is 24.3 Å². The summed E-state index contributed by atoms with van der Waals surface area (Å²) in [6.45, 7) is 5.59. The molecule has 0 amide bonds. The second kappa shape index (κ2) is 5.85. The largest absolute Gasteiger partial charge is 0.493 e. The molecular weight excluding hydrogens is 266 g/mol. The first-order valence-electron chi connectivity index (χ1n) is 7.26. The maximum Gasteiger partial charge on any atom is 0.161 e. The molecule has 1 fully saturated rings. The molecule has 1 aromatic carbocycles. The monoisotopic (exact) mass is 287 g/mol. The molecule has 1 aromatic rings. The van der Waals surface area contributed by atoms with E-state index in [1.165, 1.54) is 0 Å². The molecule has 0 saturated carbocycles. The fourth-order valence-electron chi connectivity index (χ4n) is 2.58. The Morgan fingerprint density at radius 1 is 1.24 bits per heavy atom. The van der Waals surface area contributed by atoms with Crippen molar-refractivity contribution in [1.82, 2.24) is 4.90 Å². The van der Waals surface area contributed by atoms with E-state index in [1.54, 1.807) is 12.6 Å². The Morgan fingerprint density at radius 3 is 2.57 bits per heavy atom. The molecule has 0 radical (unpaired) electrons. The smallest absolute Gasteiger partial charge is 0.161 e. The molecule has 0 bridgehead atoms. The van der Waals surface area contributed by atoms with E-state index < -0.39 is 5.60 Å². The van der Waals surface area contributed by atoms with Crippen LogP contribution in [0.15, 0.2) is 34.3 Å². The Balaban J connectivity index is 1.52. The van der Waals surface area contributed by atoms with E-state index in [9.17, 15) is 0 Å². The van der Waals surface area contributed by atoms with Crippen LogP contribution in [-0.2, 0) is 0 Å². The number of nitrogens with zero attached hydrogens (tertiary/aromatic N) is 3. The summed E-state index contributed by atoms with van der Waals surface area (Å²) < 4.78 is 11.7. The fraction of sp³-hybridized carbons (Fsp3) is 0.500. The SMILES string of the molecule is CN1CC(COc2ccc(OC3(C)C=NC=NC3)cc2)C1. The van der Waals surface area contributed by atoms with Crippen LogP contribution in [0.4, 0.5) is 0 Å². The first-order valence-corrected chi connectivity index (χ1v) is 7.26. The van der Waals surface area contributed by atoms with Gasteiger partial charge in [0, 0.05) is 19.0 Å². The average Bonchev–Trinajstić information content (AvgIpc) is 2.44. The van der Waals surface area contributed by atoms with Crippen LogP contribution in [0.3, 0.4) is 0 Å². The first-order chi connectivity index (χ1) is 10.1. The molecule has 2 heterocycles. The summed E-state index contributed by atoms with van der Waals surface area (Å²) in [6, 6.07) is 7.76. The number of rotatable bonds is 5. The molecule has 2 aliphatic heterocycles. The second-order valence-corrected chi connectivity index (χ2v) is 6.02. The van der Waals surface area contributed by atoms with Crippen molar-refractivity contribution in [1.29, 1.82) is 0 Å². The molecule has 5 nitrogen and oxygen atoms in total. The molecule has 3 rings (SSSR count). The van der Waals surface area contributed by atoms with Crippen molar-refractivity contribution >= 4 is 12.6 Å². The molecule has 0 spiro atoms. The van der Waals surface area contributed by atoms with Crippen LogP contribution in [0.1, 0.15) is 6.92 Å². The Morgan fingerprint density at radius 2 is 1.95 bits per heavy atom. The third-order valence-corrected chi connectivity index (χ3v) is 3.70. The Kier molecular flexibility index (Phi) is 3.92. The van der Waals surface area contributed by atoms with Gasteiger partial charge < -0.3 is 14.4 Å².